The molecule has 1 aromatic carbocycles. The topological polar surface area (TPSA) is 76.5 Å². The lowest BCUT2D eigenvalue weighted by Gasteiger charge is -2.12. The van der Waals surface area contributed by atoms with Crippen LogP contribution in [0.5, 0.6) is 0 Å². The largest absolute Gasteiger partial charge is 0.318 e. The van der Waals surface area contributed by atoms with E-state index in [1.165, 1.54) is 25.7 Å². The van der Waals surface area contributed by atoms with Gasteiger partial charge in [-0.1, -0.05) is 36.6 Å². The summed E-state index contributed by atoms with van der Waals surface area (Å²) < 4.78 is 3.19. The first kappa shape index (κ1) is 21.2. The highest BCUT2D eigenvalue weighted by Crippen LogP contribution is 2.35. The molecule has 4 aromatic rings. The van der Waals surface area contributed by atoms with E-state index >= 15 is 0 Å². The molecule has 5 rings (SSSR count). The van der Waals surface area contributed by atoms with Gasteiger partial charge in [-0.3, -0.25) is 9.78 Å². The van der Waals surface area contributed by atoms with Gasteiger partial charge in [-0.2, -0.15) is 10.4 Å². The van der Waals surface area contributed by atoms with Gasteiger partial charge in [0.1, 0.15) is 6.07 Å². The van der Waals surface area contributed by atoms with E-state index in [1.807, 2.05) is 24.7 Å². The summed E-state index contributed by atoms with van der Waals surface area (Å²) in [6, 6.07) is 13.2. The Morgan fingerprint density at radius 1 is 1.06 bits per heavy atom. The van der Waals surface area contributed by atoms with Crippen molar-refractivity contribution in [3.63, 3.8) is 0 Å². The Balaban J connectivity index is 1.58. The third-order valence-corrected chi connectivity index (χ3v) is 6.66. The van der Waals surface area contributed by atoms with Crippen LogP contribution in [0.25, 0.3) is 27.9 Å². The molecule has 0 radical (unpaired) electrons. The third-order valence-electron chi connectivity index (χ3n) is 6.34. The number of aromatic nitrogens is 4. The number of hydrogen-bond donors (Lipinski definition) is 0. The zero-order chi connectivity index (χ0) is 22.9. The summed E-state index contributed by atoms with van der Waals surface area (Å²) in [5.74, 6) is 0.535. The number of benzene rings is 1. The molecule has 0 bridgehead atoms. The summed E-state index contributed by atoms with van der Waals surface area (Å²) in [7, 11) is 1.73. The molecule has 0 aliphatic heterocycles. The number of nitriles is 1. The molecule has 0 atom stereocenters. The molecule has 7 heteroatoms. The van der Waals surface area contributed by atoms with Crippen molar-refractivity contribution in [2.75, 3.05) is 0 Å². The normalized spacial score (nSPS) is 13.8. The molecule has 1 aliphatic rings. The molecule has 0 unspecified atom stereocenters. The Morgan fingerprint density at radius 3 is 2.61 bits per heavy atom. The van der Waals surface area contributed by atoms with Crippen LogP contribution in [0, 0.1) is 11.3 Å². The van der Waals surface area contributed by atoms with Crippen LogP contribution in [0.2, 0.25) is 5.02 Å². The molecule has 0 N–H and O–H groups in total. The Labute approximate surface area is 196 Å². The van der Waals surface area contributed by atoms with Gasteiger partial charge in [-0.15, -0.1) is 0 Å². The van der Waals surface area contributed by atoms with Crippen LogP contribution in [0.15, 0.2) is 66.0 Å². The van der Waals surface area contributed by atoms with Gasteiger partial charge in [-0.25, -0.2) is 4.68 Å². The number of rotatable bonds is 4. The fourth-order valence-electron chi connectivity index (χ4n) is 4.53. The van der Waals surface area contributed by atoms with Crippen molar-refractivity contribution >= 4 is 11.6 Å². The molecule has 1 fully saturated rings. The van der Waals surface area contributed by atoms with Crippen LogP contribution in [-0.4, -0.2) is 19.3 Å². The maximum absolute atomic E-state index is 12.5. The second kappa shape index (κ2) is 8.68. The Hall–Kier alpha value is -3.69. The minimum absolute atomic E-state index is 0.0948. The van der Waals surface area contributed by atoms with Crippen molar-refractivity contribution in [2.24, 2.45) is 7.05 Å². The van der Waals surface area contributed by atoms with Gasteiger partial charge in [0.25, 0.3) is 5.56 Å². The highest BCUT2D eigenvalue weighted by molar-refractivity contribution is 6.32. The molecule has 1 saturated carbocycles. The average molecular weight is 456 g/mol. The minimum atomic E-state index is -0.0948. The van der Waals surface area contributed by atoms with Crippen LogP contribution in [0.4, 0.5) is 0 Å². The van der Waals surface area contributed by atoms with E-state index in [2.05, 4.69) is 17.2 Å². The van der Waals surface area contributed by atoms with Crippen LogP contribution in [0.1, 0.15) is 42.9 Å². The van der Waals surface area contributed by atoms with Crippen LogP contribution in [0.3, 0.4) is 0 Å². The van der Waals surface area contributed by atoms with Crippen molar-refractivity contribution in [1.82, 2.24) is 19.3 Å². The first-order valence-corrected chi connectivity index (χ1v) is 11.3. The summed E-state index contributed by atoms with van der Waals surface area (Å²) in [5, 5.41) is 14.4. The maximum atomic E-state index is 12.5. The summed E-state index contributed by atoms with van der Waals surface area (Å²) in [6.45, 7) is 0. The summed E-state index contributed by atoms with van der Waals surface area (Å²) in [5.41, 5.74) is 5.37. The quantitative estimate of drug-likeness (QED) is 0.408. The Kier molecular flexibility index (Phi) is 5.57. The maximum Gasteiger partial charge on any atom is 0.250 e. The Bertz CT molecular complexity index is 1420. The number of aryl methyl sites for hydroxylation is 1. The number of nitrogens with zero attached hydrogens (tertiary/aromatic N) is 5. The lowest BCUT2D eigenvalue weighted by atomic mass is 9.97. The second-order valence-corrected chi connectivity index (χ2v) is 8.83. The molecular weight excluding hydrogens is 434 g/mol. The molecule has 33 heavy (non-hydrogen) atoms. The standard InChI is InChI=1S/C26H22ClN5O/c1-31-16-22(19-14-30-32(15-19)25-8-4-7-23(27)21(25)12-28)20(11-26(31)33)18-9-10-24(29-13-18)17-5-2-3-6-17/h4,7-11,13-17H,2-3,5-6H2,1H3. The fraction of sp³-hybridized carbons (Fsp3) is 0.231. The molecule has 0 saturated heterocycles. The van der Waals surface area contributed by atoms with Crippen molar-refractivity contribution in [3.05, 3.63) is 87.8 Å². The first-order chi connectivity index (χ1) is 16.0. The molecule has 0 amide bonds. The first-order valence-electron chi connectivity index (χ1n) is 11.0. The zero-order valence-corrected chi connectivity index (χ0v) is 19.0. The van der Waals surface area contributed by atoms with Gasteiger partial charge in [0.15, 0.2) is 0 Å². The Morgan fingerprint density at radius 2 is 1.88 bits per heavy atom. The van der Waals surface area contributed by atoms with Crippen LogP contribution in [-0.2, 0) is 7.05 Å². The van der Waals surface area contributed by atoms with Gasteiger partial charge in [0.2, 0.25) is 0 Å². The van der Waals surface area contributed by atoms with E-state index in [4.69, 9.17) is 16.6 Å². The average Bonchev–Trinajstić information content (AvgIpc) is 3.53. The smallest absolute Gasteiger partial charge is 0.250 e. The highest BCUT2D eigenvalue weighted by Gasteiger charge is 2.19. The molecule has 3 aromatic heterocycles. The van der Waals surface area contributed by atoms with Gasteiger partial charge < -0.3 is 4.57 Å². The highest BCUT2D eigenvalue weighted by atomic mass is 35.5. The number of hydrogen-bond acceptors (Lipinski definition) is 4. The van der Waals surface area contributed by atoms with Crippen LogP contribution >= 0.6 is 11.6 Å². The fourth-order valence-corrected chi connectivity index (χ4v) is 4.75. The molecule has 164 valence electrons. The number of halogens is 1. The summed E-state index contributed by atoms with van der Waals surface area (Å²) in [6.07, 6.45) is 12.2. The predicted molar refractivity (Wildman–Crippen MR) is 128 cm³/mol. The molecule has 1 aliphatic carbocycles. The lowest BCUT2D eigenvalue weighted by molar-refractivity contribution is 0.698. The second-order valence-electron chi connectivity index (χ2n) is 8.42. The SMILES string of the molecule is Cn1cc(-c2cnn(-c3cccc(Cl)c3C#N)c2)c(-c2ccc(C3CCCC3)nc2)cc1=O. The molecule has 6 nitrogen and oxygen atoms in total. The lowest BCUT2D eigenvalue weighted by Crippen LogP contribution is -2.15. The van der Waals surface area contributed by atoms with E-state index in [0.29, 0.717) is 22.2 Å². The molecule has 3 heterocycles. The van der Waals surface area contributed by atoms with Crippen molar-refractivity contribution in [2.45, 2.75) is 31.6 Å². The monoisotopic (exact) mass is 455 g/mol. The van der Waals surface area contributed by atoms with Gasteiger partial charge in [-0.05, 0) is 36.6 Å². The molecule has 0 spiro atoms. The van der Waals surface area contributed by atoms with Crippen molar-refractivity contribution in [3.8, 4) is 34.0 Å². The van der Waals surface area contributed by atoms with Gasteiger partial charge in [0, 0.05) is 60.0 Å². The van der Waals surface area contributed by atoms with E-state index in [1.54, 1.807) is 46.8 Å². The zero-order valence-electron chi connectivity index (χ0n) is 18.2. The number of pyridine rings is 2. The van der Waals surface area contributed by atoms with E-state index in [9.17, 15) is 10.1 Å². The van der Waals surface area contributed by atoms with E-state index in [-0.39, 0.29) is 5.56 Å². The predicted octanol–water partition coefficient (Wildman–Crippen LogP) is 5.48. The summed E-state index contributed by atoms with van der Waals surface area (Å²) >= 11 is 6.20. The van der Waals surface area contributed by atoms with E-state index < -0.39 is 0 Å². The van der Waals surface area contributed by atoms with Gasteiger partial charge in [0.05, 0.1) is 22.5 Å². The summed E-state index contributed by atoms with van der Waals surface area (Å²) in [4.78, 5) is 17.2. The molecular formula is C26H22ClN5O. The third kappa shape index (κ3) is 3.96. The van der Waals surface area contributed by atoms with Gasteiger partial charge >= 0.3 is 0 Å². The minimum Gasteiger partial charge on any atom is -0.318 e. The van der Waals surface area contributed by atoms with Crippen molar-refractivity contribution in [1.29, 1.82) is 5.26 Å². The van der Waals surface area contributed by atoms with Crippen molar-refractivity contribution < 1.29 is 0 Å². The van der Waals surface area contributed by atoms with Crippen LogP contribution < -0.4 is 5.56 Å². The van der Waals surface area contributed by atoms with E-state index in [0.717, 1.165) is 27.9 Å².